The first-order chi connectivity index (χ1) is 15.3. The zero-order valence-electron chi connectivity index (χ0n) is 17.4. The van der Waals surface area contributed by atoms with Crippen LogP contribution in [0.3, 0.4) is 0 Å². The molecule has 31 heavy (non-hydrogen) atoms. The molecule has 2 aromatic carbocycles. The number of allylic oxidation sites excluding steroid dienone is 1. The van der Waals surface area contributed by atoms with Gasteiger partial charge in [0.25, 0.3) is 0 Å². The number of amides is 1. The fourth-order valence-electron chi connectivity index (χ4n) is 4.05. The monoisotopic (exact) mass is 411 g/mol. The average Bonchev–Trinajstić information content (AvgIpc) is 2.85. The predicted molar refractivity (Wildman–Crippen MR) is 124 cm³/mol. The van der Waals surface area contributed by atoms with Crippen molar-refractivity contribution in [3.63, 3.8) is 0 Å². The summed E-state index contributed by atoms with van der Waals surface area (Å²) in [6.45, 7) is 3.70. The Morgan fingerprint density at radius 3 is 2.39 bits per heavy atom. The van der Waals surface area contributed by atoms with E-state index in [1.807, 2.05) is 34.2 Å². The van der Waals surface area contributed by atoms with Crippen molar-refractivity contribution in [1.29, 1.82) is 0 Å². The van der Waals surface area contributed by atoms with E-state index in [0.717, 1.165) is 30.2 Å². The number of amidine groups is 1. The van der Waals surface area contributed by atoms with Crippen molar-refractivity contribution in [3.05, 3.63) is 84.1 Å². The molecule has 3 heterocycles. The smallest absolute Gasteiger partial charge is 0.227 e. The van der Waals surface area contributed by atoms with Gasteiger partial charge in [0.05, 0.1) is 18.7 Å². The van der Waals surface area contributed by atoms with Crippen LogP contribution in [0.2, 0.25) is 0 Å². The van der Waals surface area contributed by atoms with E-state index in [0.29, 0.717) is 26.1 Å². The highest BCUT2D eigenvalue weighted by atomic mass is 16.2. The molecule has 3 aliphatic rings. The molecule has 2 aromatic rings. The van der Waals surface area contributed by atoms with E-state index >= 15 is 0 Å². The van der Waals surface area contributed by atoms with Gasteiger partial charge in [-0.1, -0.05) is 54.6 Å². The van der Waals surface area contributed by atoms with Crippen molar-refractivity contribution in [2.45, 2.75) is 6.42 Å². The summed E-state index contributed by atoms with van der Waals surface area (Å²) < 4.78 is 0. The van der Waals surface area contributed by atoms with Crippen molar-refractivity contribution in [2.75, 3.05) is 32.7 Å². The van der Waals surface area contributed by atoms with Gasteiger partial charge in [0, 0.05) is 26.2 Å². The second-order valence-electron chi connectivity index (χ2n) is 7.85. The van der Waals surface area contributed by atoms with Gasteiger partial charge >= 0.3 is 0 Å². The fourth-order valence-corrected chi connectivity index (χ4v) is 4.05. The number of hydrazone groups is 1. The summed E-state index contributed by atoms with van der Waals surface area (Å²) in [7, 11) is 0. The number of aliphatic imine (C=N–C) groups is 1. The van der Waals surface area contributed by atoms with Crippen LogP contribution >= 0.6 is 0 Å². The second-order valence-corrected chi connectivity index (χ2v) is 7.85. The molecule has 6 heteroatoms. The molecule has 0 saturated carbocycles. The maximum absolute atomic E-state index is 12.8. The van der Waals surface area contributed by atoms with Crippen LogP contribution in [0.5, 0.6) is 0 Å². The van der Waals surface area contributed by atoms with Gasteiger partial charge in [-0.05, 0) is 34.9 Å². The molecule has 1 saturated heterocycles. The standard InChI is InChI=1S/C25H25N5O/c31-25(18-20-6-8-22(9-7-20)21-4-2-1-3-5-21)29-16-14-28(15-17-29)24-11-10-23-12-13-26-19-30(23)27-24/h1-12,19H,13-18H2. The number of carbonyl (C=O) groups excluding carboxylic acids is 1. The molecule has 0 N–H and O–H groups in total. The number of carbonyl (C=O) groups is 1. The SMILES string of the molecule is O=C(Cc1ccc(-c2ccccc2)cc1)N1CCN(C2=NN3C=NCC=C3C=C2)CC1. The minimum atomic E-state index is 0.182. The lowest BCUT2D eigenvalue weighted by Gasteiger charge is -2.37. The third kappa shape index (κ3) is 4.28. The van der Waals surface area contributed by atoms with Crippen molar-refractivity contribution < 1.29 is 4.79 Å². The first kappa shape index (κ1) is 19.3. The number of fused-ring (bicyclic) bond motifs is 1. The Hall–Kier alpha value is -3.67. The van der Waals surface area contributed by atoms with Crippen LogP contribution in [0, 0.1) is 0 Å². The quantitative estimate of drug-likeness (QED) is 0.780. The lowest BCUT2D eigenvalue weighted by molar-refractivity contribution is -0.131. The molecule has 0 spiro atoms. The molecular weight excluding hydrogens is 386 g/mol. The number of rotatable bonds is 3. The zero-order chi connectivity index (χ0) is 21.0. The van der Waals surface area contributed by atoms with Gasteiger partial charge in [-0.2, -0.15) is 0 Å². The normalized spacial score (nSPS) is 17.9. The molecule has 6 nitrogen and oxygen atoms in total. The lowest BCUT2D eigenvalue weighted by Crippen LogP contribution is -2.51. The van der Waals surface area contributed by atoms with Gasteiger partial charge in [-0.3, -0.25) is 9.79 Å². The summed E-state index contributed by atoms with van der Waals surface area (Å²) >= 11 is 0. The van der Waals surface area contributed by atoms with E-state index in [2.05, 4.69) is 63.5 Å². The van der Waals surface area contributed by atoms with E-state index in [-0.39, 0.29) is 5.91 Å². The molecule has 0 aromatic heterocycles. The molecule has 3 aliphatic heterocycles. The number of hydrogen-bond acceptors (Lipinski definition) is 5. The molecule has 1 fully saturated rings. The Bertz CT molecular complexity index is 1060. The van der Waals surface area contributed by atoms with E-state index in [4.69, 9.17) is 0 Å². The van der Waals surface area contributed by atoms with E-state index < -0.39 is 0 Å². The van der Waals surface area contributed by atoms with Crippen LogP contribution in [-0.2, 0) is 11.2 Å². The zero-order valence-corrected chi connectivity index (χ0v) is 17.4. The highest BCUT2D eigenvalue weighted by molar-refractivity contribution is 5.95. The highest BCUT2D eigenvalue weighted by Gasteiger charge is 2.24. The van der Waals surface area contributed by atoms with Crippen LogP contribution in [0.15, 0.2) is 88.6 Å². The maximum Gasteiger partial charge on any atom is 0.227 e. The fraction of sp³-hybridized carbons (Fsp3) is 0.240. The summed E-state index contributed by atoms with van der Waals surface area (Å²) in [5.74, 6) is 1.11. The Labute approximate surface area is 182 Å². The number of hydrogen-bond donors (Lipinski definition) is 0. The first-order valence-corrected chi connectivity index (χ1v) is 10.7. The molecule has 0 atom stereocenters. The van der Waals surface area contributed by atoms with Crippen molar-refractivity contribution in [1.82, 2.24) is 14.8 Å². The molecule has 0 aliphatic carbocycles. The Morgan fingerprint density at radius 2 is 1.61 bits per heavy atom. The predicted octanol–water partition coefficient (Wildman–Crippen LogP) is 3.15. The van der Waals surface area contributed by atoms with Gasteiger partial charge in [-0.25, -0.2) is 5.01 Å². The van der Waals surface area contributed by atoms with Crippen molar-refractivity contribution >= 4 is 18.1 Å². The Kier molecular flexibility index (Phi) is 5.35. The van der Waals surface area contributed by atoms with Crippen LogP contribution < -0.4 is 0 Å². The maximum atomic E-state index is 12.8. The number of nitrogens with zero attached hydrogens (tertiary/aromatic N) is 5. The van der Waals surface area contributed by atoms with E-state index in [1.54, 1.807) is 6.34 Å². The molecule has 156 valence electrons. The average molecular weight is 412 g/mol. The summed E-state index contributed by atoms with van der Waals surface area (Å²) in [5.41, 5.74) is 4.47. The van der Waals surface area contributed by atoms with E-state index in [9.17, 15) is 4.79 Å². The van der Waals surface area contributed by atoms with Crippen molar-refractivity contribution in [2.24, 2.45) is 10.1 Å². The highest BCUT2D eigenvalue weighted by Crippen LogP contribution is 2.20. The molecule has 0 unspecified atom stereocenters. The number of benzene rings is 2. The van der Waals surface area contributed by atoms with Gasteiger partial charge in [0.15, 0.2) is 0 Å². The minimum absolute atomic E-state index is 0.182. The van der Waals surface area contributed by atoms with E-state index in [1.165, 1.54) is 11.1 Å². The Morgan fingerprint density at radius 1 is 0.871 bits per heavy atom. The van der Waals surface area contributed by atoms with Crippen LogP contribution in [0.4, 0.5) is 0 Å². The lowest BCUT2D eigenvalue weighted by atomic mass is 10.0. The molecule has 5 rings (SSSR count). The molecule has 0 radical (unpaired) electrons. The molecule has 0 bridgehead atoms. The van der Waals surface area contributed by atoms with Crippen LogP contribution in [0.1, 0.15) is 5.56 Å². The molecular formula is C25H25N5O. The van der Waals surface area contributed by atoms with Gasteiger partial charge in [0.1, 0.15) is 12.2 Å². The van der Waals surface area contributed by atoms with Gasteiger partial charge in [0.2, 0.25) is 5.91 Å². The summed E-state index contributed by atoms with van der Waals surface area (Å²) in [6.07, 6.45) is 8.38. The van der Waals surface area contributed by atoms with Gasteiger partial charge in [-0.15, -0.1) is 5.10 Å². The third-order valence-electron chi connectivity index (χ3n) is 5.85. The van der Waals surface area contributed by atoms with Gasteiger partial charge < -0.3 is 9.80 Å². The largest absolute Gasteiger partial charge is 0.352 e. The topological polar surface area (TPSA) is 51.5 Å². The molecule has 1 amide bonds. The second kappa shape index (κ2) is 8.60. The van der Waals surface area contributed by atoms with Crippen molar-refractivity contribution in [3.8, 4) is 11.1 Å². The summed E-state index contributed by atoms with van der Waals surface area (Å²) in [6, 6.07) is 18.6. The number of piperazine rings is 1. The van der Waals surface area contributed by atoms with Crippen LogP contribution in [0.25, 0.3) is 11.1 Å². The summed E-state index contributed by atoms with van der Waals surface area (Å²) in [5, 5.41) is 6.48. The minimum Gasteiger partial charge on any atom is -0.352 e. The Balaban J connectivity index is 1.16. The third-order valence-corrected chi connectivity index (χ3v) is 5.85. The van der Waals surface area contributed by atoms with Crippen LogP contribution in [-0.4, -0.2) is 65.6 Å². The first-order valence-electron chi connectivity index (χ1n) is 10.7. The summed E-state index contributed by atoms with van der Waals surface area (Å²) in [4.78, 5) is 21.3.